The van der Waals surface area contributed by atoms with Crippen LogP contribution in [0.25, 0.3) is 11.3 Å². The molecule has 0 aliphatic heterocycles. The number of nitrogens with one attached hydrogen (secondary N) is 1. The number of carbonyl (C=O) groups is 1. The fourth-order valence-corrected chi connectivity index (χ4v) is 4.70. The summed E-state index contributed by atoms with van der Waals surface area (Å²) in [5.41, 5.74) is 1.58. The Morgan fingerprint density at radius 3 is 2.28 bits per heavy atom. The van der Waals surface area contributed by atoms with Gasteiger partial charge in [0.1, 0.15) is 0 Å². The first-order valence-electron chi connectivity index (χ1n) is 10.4. The molecule has 1 heterocycles. The molecule has 0 radical (unpaired) electrons. The second-order valence-corrected chi connectivity index (χ2v) is 8.98. The highest BCUT2D eigenvalue weighted by Gasteiger charge is 2.21. The maximum atomic E-state index is 12.5. The first-order valence-corrected chi connectivity index (χ1v) is 11.8. The number of amides is 1. The van der Waals surface area contributed by atoms with E-state index in [-0.39, 0.29) is 29.5 Å². The van der Waals surface area contributed by atoms with Crippen molar-refractivity contribution in [3.05, 3.63) is 82.9 Å². The van der Waals surface area contributed by atoms with E-state index in [4.69, 9.17) is 0 Å². The Morgan fingerprint density at radius 2 is 1.69 bits per heavy atom. The van der Waals surface area contributed by atoms with Crippen LogP contribution in [0.3, 0.4) is 0 Å². The number of nitrogens with zero attached hydrogens (tertiary/aromatic N) is 3. The number of hydrogen-bond acceptors (Lipinski definition) is 5. The van der Waals surface area contributed by atoms with Crippen molar-refractivity contribution in [1.29, 1.82) is 0 Å². The predicted molar refractivity (Wildman–Crippen MR) is 123 cm³/mol. The number of sulfonamides is 1. The molecule has 2 aromatic carbocycles. The van der Waals surface area contributed by atoms with Gasteiger partial charge in [-0.25, -0.2) is 13.4 Å². The number of rotatable bonds is 9. The summed E-state index contributed by atoms with van der Waals surface area (Å²) < 4.78 is 27.9. The highest BCUT2D eigenvalue weighted by Crippen LogP contribution is 2.16. The van der Waals surface area contributed by atoms with Crippen molar-refractivity contribution in [2.75, 3.05) is 19.6 Å². The van der Waals surface area contributed by atoms with Crippen molar-refractivity contribution < 1.29 is 13.2 Å². The third-order valence-electron chi connectivity index (χ3n) is 5.05. The molecule has 0 atom stereocenters. The van der Waals surface area contributed by atoms with E-state index in [2.05, 4.69) is 10.3 Å². The fraction of sp³-hybridized carbons (Fsp3) is 0.261. The Kier molecular flexibility index (Phi) is 7.55. The van der Waals surface area contributed by atoms with Crippen LogP contribution in [-0.4, -0.2) is 47.8 Å². The van der Waals surface area contributed by atoms with Crippen LogP contribution < -0.4 is 10.9 Å². The van der Waals surface area contributed by atoms with E-state index in [0.29, 0.717) is 24.3 Å². The first kappa shape index (κ1) is 23.4. The second kappa shape index (κ2) is 10.3. The molecular weight excluding hydrogens is 428 g/mol. The van der Waals surface area contributed by atoms with Gasteiger partial charge < -0.3 is 5.32 Å². The van der Waals surface area contributed by atoms with Gasteiger partial charge in [-0.05, 0) is 24.3 Å². The number of hydrogen-bond donors (Lipinski definition) is 1. The molecule has 8 nitrogen and oxygen atoms in total. The van der Waals surface area contributed by atoms with Gasteiger partial charge in [0.2, 0.25) is 10.0 Å². The van der Waals surface area contributed by atoms with Gasteiger partial charge in [0.05, 0.1) is 16.9 Å². The summed E-state index contributed by atoms with van der Waals surface area (Å²) in [6, 6.07) is 16.7. The zero-order valence-corrected chi connectivity index (χ0v) is 18.9. The average molecular weight is 455 g/mol. The Morgan fingerprint density at radius 1 is 1.03 bits per heavy atom. The van der Waals surface area contributed by atoms with Crippen molar-refractivity contribution in [3.63, 3.8) is 0 Å². The van der Waals surface area contributed by atoms with Crippen LogP contribution in [0.5, 0.6) is 0 Å². The Balaban J connectivity index is 1.60. The molecule has 1 N–H and O–H groups in total. The third kappa shape index (κ3) is 5.30. The van der Waals surface area contributed by atoms with Crippen molar-refractivity contribution in [1.82, 2.24) is 19.2 Å². The molecule has 9 heteroatoms. The van der Waals surface area contributed by atoms with Crippen LogP contribution in [-0.2, 0) is 16.6 Å². The van der Waals surface area contributed by atoms with Crippen molar-refractivity contribution in [2.24, 2.45) is 0 Å². The molecule has 0 unspecified atom stereocenters. The zero-order valence-electron chi connectivity index (χ0n) is 18.1. The maximum absolute atomic E-state index is 12.5. The molecule has 168 valence electrons. The SMILES string of the molecule is CCN(CC)S(=O)(=O)c1ccc(C(=O)NCCn2cnc(-c3ccccc3)cc2=O)cc1. The van der Waals surface area contributed by atoms with Crippen LogP contribution in [0.1, 0.15) is 24.2 Å². The molecular formula is C23H26N4O4S. The Labute approximate surface area is 187 Å². The molecule has 0 fully saturated rings. The first-order chi connectivity index (χ1) is 15.4. The van der Waals surface area contributed by atoms with Crippen LogP contribution in [0.15, 0.2) is 76.7 Å². The van der Waals surface area contributed by atoms with E-state index < -0.39 is 10.0 Å². The Hall–Kier alpha value is -3.30. The van der Waals surface area contributed by atoms with Gasteiger partial charge in [-0.2, -0.15) is 4.31 Å². The summed E-state index contributed by atoms with van der Waals surface area (Å²) in [6.45, 7) is 4.80. The molecule has 0 bridgehead atoms. The van der Waals surface area contributed by atoms with Crippen LogP contribution >= 0.6 is 0 Å². The van der Waals surface area contributed by atoms with Crippen molar-refractivity contribution >= 4 is 15.9 Å². The van der Waals surface area contributed by atoms with Crippen LogP contribution in [0, 0.1) is 0 Å². The molecule has 3 aromatic rings. The molecule has 0 spiro atoms. The van der Waals surface area contributed by atoms with Gasteiger partial charge in [-0.3, -0.25) is 14.2 Å². The summed E-state index contributed by atoms with van der Waals surface area (Å²) in [5.74, 6) is -0.348. The minimum absolute atomic E-state index is 0.147. The largest absolute Gasteiger partial charge is 0.350 e. The lowest BCUT2D eigenvalue weighted by Gasteiger charge is -2.18. The van der Waals surface area contributed by atoms with Gasteiger partial charge in [0, 0.05) is 43.4 Å². The van der Waals surface area contributed by atoms with Gasteiger partial charge in [0.25, 0.3) is 11.5 Å². The van der Waals surface area contributed by atoms with E-state index in [9.17, 15) is 18.0 Å². The summed E-state index contributed by atoms with van der Waals surface area (Å²) in [6.07, 6.45) is 1.46. The quantitative estimate of drug-likeness (QED) is 0.535. The fourth-order valence-electron chi connectivity index (χ4n) is 3.24. The summed E-state index contributed by atoms with van der Waals surface area (Å²) in [7, 11) is -3.57. The molecule has 1 amide bonds. The number of aromatic nitrogens is 2. The standard InChI is InChI=1S/C23H26N4O4S/c1-3-27(4-2)32(30,31)20-12-10-19(11-13-20)23(29)24-14-15-26-17-25-21(16-22(26)28)18-8-6-5-7-9-18/h5-13,16-17H,3-4,14-15H2,1-2H3,(H,24,29). The van der Waals surface area contributed by atoms with Gasteiger partial charge in [0.15, 0.2) is 0 Å². The smallest absolute Gasteiger partial charge is 0.253 e. The summed E-state index contributed by atoms with van der Waals surface area (Å²) in [4.78, 5) is 29.2. The lowest BCUT2D eigenvalue weighted by molar-refractivity contribution is 0.0952. The topological polar surface area (TPSA) is 101 Å². The molecule has 0 saturated heterocycles. The van der Waals surface area contributed by atoms with Gasteiger partial charge in [-0.15, -0.1) is 0 Å². The predicted octanol–water partition coefficient (Wildman–Crippen LogP) is 2.37. The number of carbonyl (C=O) groups excluding carboxylic acids is 1. The lowest BCUT2D eigenvalue weighted by Crippen LogP contribution is -2.31. The van der Waals surface area contributed by atoms with E-state index in [1.165, 1.54) is 45.5 Å². The Bertz CT molecular complexity index is 1220. The molecule has 32 heavy (non-hydrogen) atoms. The monoisotopic (exact) mass is 454 g/mol. The molecule has 3 rings (SSSR count). The molecule has 0 saturated carbocycles. The molecule has 0 aliphatic rings. The second-order valence-electron chi connectivity index (χ2n) is 7.04. The van der Waals surface area contributed by atoms with Crippen LogP contribution in [0.4, 0.5) is 0 Å². The average Bonchev–Trinajstić information content (AvgIpc) is 2.81. The normalized spacial score (nSPS) is 11.5. The highest BCUT2D eigenvalue weighted by molar-refractivity contribution is 7.89. The highest BCUT2D eigenvalue weighted by atomic mass is 32.2. The lowest BCUT2D eigenvalue weighted by atomic mass is 10.1. The molecule has 0 aliphatic carbocycles. The minimum Gasteiger partial charge on any atom is -0.350 e. The van der Waals surface area contributed by atoms with Gasteiger partial charge >= 0.3 is 0 Å². The van der Waals surface area contributed by atoms with Crippen molar-refractivity contribution in [2.45, 2.75) is 25.3 Å². The summed E-state index contributed by atoms with van der Waals surface area (Å²) in [5, 5.41) is 2.74. The third-order valence-corrected chi connectivity index (χ3v) is 7.11. The molecule has 1 aromatic heterocycles. The number of benzene rings is 2. The van der Waals surface area contributed by atoms with Crippen molar-refractivity contribution in [3.8, 4) is 11.3 Å². The van der Waals surface area contributed by atoms with Crippen LogP contribution in [0.2, 0.25) is 0 Å². The minimum atomic E-state index is -3.57. The van der Waals surface area contributed by atoms with Gasteiger partial charge in [-0.1, -0.05) is 44.2 Å². The van der Waals surface area contributed by atoms with E-state index >= 15 is 0 Å². The van der Waals surface area contributed by atoms with E-state index in [0.717, 1.165) is 5.56 Å². The maximum Gasteiger partial charge on any atom is 0.253 e. The summed E-state index contributed by atoms with van der Waals surface area (Å²) >= 11 is 0. The van der Waals surface area contributed by atoms with E-state index in [1.54, 1.807) is 13.8 Å². The zero-order chi connectivity index (χ0) is 23.1. The van der Waals surface area contributed by atoms with E-state index in [1.807, 2.05) is 30.3 Å².